The Morgan fingerprint density at radius 2 is 1.74 bits per heavy atom. The number of hydrogen-bond donors (Lipinski definition) is 2. The molecule has 3 heteroatoms. The Labute approximate surface area is 118 Å². The molecule has 1 aliphatic carbocycles. The van der Waals surface area contributed by atoms with Gasteiger partial charge in [0.2, 0.25) is 0 Å². The Morgan fingerprint density at radius 1 is 1.11 bits per heavy atom. The van der Waals surface area contributed by atoms with E-state index in [0.29, 0.717) is 12.0 Å². The standard InChI is InChI=1S/C16H32N2O/c1-13(11-14(2)19)12-17-15-7-9-18(10-8-15)16-5-3-4-6-16/h13-17,19H,3-12H2,1-2H3. The number of aliphatic hydroxyl groups excluding tert-OH is 1. The maximum Gasteiger partial charge on any atom is 0.0515 e. The van der Waals surface area contributed by atoms with Crippen molar-refractivity contribution in [3.05, 3.63) is 0 Å². The number of rotatable bonds is 6. The molecule has 2 rings (SSSR count). The Hall–Kier alpha value is -0.120. The summed E-state index contributed by atoms with van der Waals surface area (Å²) in [7, 11) is 0. The number of nitrogens with zero attached hydrogens (tertiary/aromatic N) is 1. The van der Waals surface area contributed by atoms with Crippen LogP contribution in [-0.4, -0.2) is 47.8 Å². The minimum atomic E-state index is -0.166. The third-order valence-electron chi connectivity index (χ3n) is 4.87. The van der Waals surface area contributed by atoms with Crippen LogP contribution in [0.25, 0.3) is 0 Å². The van der Waals surface area contributed by atoms with Crippen molar-refractivity contribution in [1.29, 1.82) is 0 Å². The fourth-order valence-electron chi connectivity index (χ4n) is 3.77. The molecule has 112 valence electrons. The first-order chi connectivity index (χ1) is 9.15. The fourth-order valence-corrected chi connectivity index (χ4v) is 3.77. The molecule has 2 fully saturated rings. The van der Waals surface area contributed by atoms with Crippen LogP contribution in [0.5, 0.6) is 0 Å². The molecule has 1 saturated carbocycles. The molecule has 0 aromatic carbocycles. The molecule has 0 radical (unpaired) electrons. The second-order valence-electron chi connectivity index (χ2n) is 6.85. The number of hydrogen-bond acceptors (Lipinski definition) is 3. The molecule has 1 aliphatic heterocycles. The number of aliphatic hydroxyl groups is 1. The second-order valence-corrected chi connectivity index (χ2v) is 6.85. The number of nitrogens with one attached hydrogen (secondary N) is 1. The largest absolute Gasteiger partial charge is 0.393 e. The van der Waals surface area contributed by atoms with Crippen LogP contribution in [0.4, 0.5) is 0 Å². The summed E-state index contributed by atoms with van der Waals surface area (Å²) in [4.78, 5) is 2.73. The Morgan fingerprint density at radius 3 is 2.32 bits per heavy atom. The van der Waals surface area contributed by atoms with E-state index < -0.39 is 0 Å². The molecule has 3 nitrogen and oxygen atoms in total. The van der Waals surface area contributed by atoms with E-state index in [1.165, 1.54) is 51.6 Å². The van der Waals surface area contributed by atoms with Crippen molar-refractivity contribution < 1.29 is 5.11 Å². The molecule has 19 heavy (non-hydrogen) atoms. The average Bonchev–Trinajstić information content (AvgIpc) is 2.90. The summed E-state index contributed by atoms with van der Waals surface area (Å²) in [6.45, 7) is 7.74. The van der Waals surface area contributed by atoms with E-state index in [4.69, 9.17) is 0 Å². The second kappa shape index (κ2) is 7.61. The SMILES string of the molecule is CC(O)CC(C)CNC1CCN(C2CCCC2)CC1. The lowest BCUT2D eigenvalue weighted by atomic mass is 10.00. The maximum atomic E-state index is 9.38. The smallest absolute Gasteiger partial charge is 0.0515 e. The molecule has 0 aromatic rings. The van der Waals surface area contributed by atoms with Crippen LogP contribution in [0.1, 0.15) is 58.8 Å². The highest BCUT2D eigenvalue weighted by Crippen LogP contribution is 2.26. The summed E-state index contributed by atoms with van der Waals surface area (Å²) in [5, 5.41) is 13.1. The minimum absolute atomic E-state index is 0.166. The quantitative estimate of drug-likeness (QED) is 0.776. The molecule has 2 atom stereocenters. The Kier molecular flexibility index (Phi) is 6.11. The summed E-state index contributed by atoms with van der Waals surface area (Å²) < 4.78 is 0. The zero-order valence-electron chi connectivity index (χ0n) is 12.8. The van der Waals surface area contributed by atoms with E-state index in [-0.39, 0.29) is 6.10 Å². The Bertz CT molecular complexity index is 243. The first-order valence-electron chi connectivity index (χ1n) is 8.30. The zero-order chi connectivity index (χ0) is 13.7. The molecule has 0 amide bonds. The van der Waals surface area contributed by atoms with Crippen molar-refractivity contribution in [1.82, 2.24) is 10.2 Å². The molecule has 1 heterocycles. The summed E-state index contributed by atoms with van der Waals surface area (Å²) in [5.41, 5.74) is 0. The van der Waals surface area contributed by atoms with Gasteiger partial charge in [-0.3, -0.25) is 0 Å². The monoisotopic (exact) mass is 268 g/mol. The van der Waals surface area contributed by atoms with Crippen LogP contribution < -0.4 is 5.32 Å². The first kappa shape index (κ1) is 15.3. The molecule has 1 saturated heterocycles. The highest BCUT2D eigenvalue weighted by molar-refractivity contribution is 4.84. The van der Waals surface area contributed by atoms with Crippen molar-refractivity contribution in [2.24, 2.45) is 5.92 Å². The molecule has 0 spiro atoms. The van der Waals surface area contributed by atoms with E-state index in [9.17, 15) is 5.11 Å². The third-order valence-corrected chi connectivity index (χ3v) is 4.87. The first-order valence-corrected chi connectivity index (χ1v) is 8.30. The van der Waals surface area contributed by atoms with Gasteiger partial charge in [0.25, 0.3) is 0 Å². The van der Waals surface area contributed by atoms with E-state index in [0.717, 1.165) is 19.0 Å². The van der Waals surface area contributed by atoms with Crippen molar-refractivity contribution >= 4 is 0 Å². The van der Waals surface area contributed by atoms with Crippen LogP contribution in [0.3, 0.4) is 0 Å². The lowest BCUT2D eigenvalue weighted by Gasteiger charge is -2.36. The summed E-state index contributed by atoms with van der Waals surface area (Å²) in [6.07, 6.45) is 9.11. The molecule has 2 N–H and O–H groups in total. The van der Waals surface area contributed by atoms with Gasteiger partial charge in [-0.15, -0.1) is 0 Å². The van der Waals surface area contributed by atoms with Crippen molar-refractivity contribution in [3.63, 3.8) is 0 Å². The fraction of sp³-hybridized carbons (Fsp3) is 1.00. The van der Waals surface area contributed by atoms with Gasteiger partial charge in [-0.1, -0.05) is 19.8 Å². The topological polar surface area (TPSA) is 35.5 Å². The highest BCUT2D eigenvalue weighted by Gasteiger charge is 2.26. The normalized spacial score (nSPS) is 26.7. The molecular formula is C16H32N2O. The van der Waals surface area contributed by atoms with Gasteiger partial charge in [0.15, 0.2) is 0 Å². The molecular weight excluding hydrogens is 236 g/mol. The zero-order valence-corrected chi connectivity index (χ0v) is 12.8. The predicted molar refractivity (Wildman–Crippen MR) is 80.3 cm³/mol. The summed E-state index contributed by atoms with van der Waals surface area (Å²) in [6, 6.07) is 1.60. The van der Waals surface area contributed by atoms with Gasteiger partial charge < -0.3 is 15.3 Å². The Balaban J connectivity index is 1.60. The maximum absolute atomic E-state index is 9.38. The molecule has 2 unspecified atom stereocenters. The lowest BCUT2D eigenvalue weighted by Crippen LogP contribution is -2.46. The number of likely N-dealkylation sites (tertiary alicyclic amines) is 1. The van der Waals surface area contributed by atoms with Crippen molar-refractivity contribution in [3.8, 4) is 0 Å². The van der Waals surface area contributed by atoms with Gasteiger partial charge in [0, 0.05) is 12.1 Å². The van der Waals surface area contributed by atoms with E-state index >= 15 is 0 Å². The van der Waals surface area contributed by atoms with Crippen molar-refractivity contribution in [2.75, 3.05) is 19.6 Å². The van der Waals surface area contributed by atoms with Crippen LogP contribution in [0.15, 0.2) is 0 Å². The van der Waals surface area contributed by atoms with Gasteiger partial charge in [-0.2, -0.15) is 0 Å². The van der Waals surface area contributed by atoms with Gasteiger partial charge >= 0.3 is 0 Å². The van der Waals surface area contributed by atoms with Gasteiger partial charge in [-0.05, 0) is 64.6 Å². The third kappa shape index (κ3) is 5.05. The predicted octanol–water partition coefficient (Wildman–Crippen LogP) is 2.39. The van der Waals surface area contributed by atoms with Gasteiger partial charge in [0.1, 0.15) is 0 Å². The lowest BCUT2D eigenvalue weighted by molar-refractivity contribution is 0.138. The van der Waals surface area contributed by atoms with Gasteiger partial charge in [0.05, 0.1) is 6.10 Å². The molecule has 0 bridgehead atoms. The van der Waals surface area contributed by atoms with Crippen molar-refractivity contribution in [2.45, 2.75) is 77.0 Å². The van der Waals surface area contributed by atoms with Crippen LogP contribution >= 0.6 is 0 Å². The van der Waals surface area contributed by atoms with E-state index in [1.54, 1.807) is 0 Å². The average molecular weight is 268 g/mol. The summed E-state index contributed by atoms with van der Waals surface area (Å²) >= 11 is 0. The van der Waals surface area contributed by atoms with Gasteiger partial charge in [-0.25, -0.2) is 0 Å². The highest BCUT2D eigenvalue weighted by atomic mass is 16.3. The van der Waals surface area contributed by atoms with Crippen LogP contribution in [-0.2, 0) is 0 Å². The van der Waals surface area contributed by atoms with Crippen LogP contribution in [0.2, 0.25) is 0 Å². The minimum Gasteiger partial charge on any atom is -0.393 e. The number of piperidine rings is 1. The summed E-state index contributed by atoms with van der Waals surface area (Å²) in [5.74, 6) is 0.577. The van der Waals surface area contributed by atoms with E-state index in [2.05, 4.69) is 17.1 Å². The van der Waals surface area contributed by atoms with Crippen LogP contribution in [0, 0.1) is 5.92 Å². The molecule has 2 aliphatic rings. The molecule has 0 aromatic heterocycles. The van der Waals surface area contributed by atoms with E-state index in [1.807, 2.05) is 6.92 Å².